The summed E-state index contributed by atoms with van der Waals surface area (Å²) in [5.41, 5.74) is 7.54. The van der Waals surface area contributed by atoms with E-state index >= 15 is 0 Å². The van der Waals surface area contributed by atoms with Gasteiger partial charge in [-0.3, -0.25) is 14.4 Å². The Bertz CT molecular complexity index is 1450. The van der Waals surface area contributed by atoms with E-state index in [0.29, 0.717) is 25.8 Å². The summed E-state index contributed by atoms with van der Waals surface area (Å²) < 4.78 is 0. The highest BCUT2D eigenvalue weighted by atomic mass is 16.2. The predicted octanol–water partition coefficient (Wildman–Crippen LogP) is 4.37. The quantitative estimate of drug-likeness (QED) is 0.257. The molecule has 0 unspecified atom stereocenters. The number of fused-ring (bicyclic) bond motifs is 1. The smallest absolute Gasteiger partial charge is 0.246 e. The van der Waals surface area contributed by atoms with Crippen LogP contribution in [-0.4, -0.2) is 103 Å². The second-order valence-corrected chi connectivity index (χ2v) is 13.0. The van der Waals surface area contributed by atoms with Gasteiger partial charge in [-0.1, -0.05) is 78.9 Å². The summed E-state index contributed by atoms with van der Waals surface area (Å²) in [5, 5.41) is 2.16. The molecule has 0 aliphatic rings. The summed E-state index contributed by atoms with van der Waals surface area (Å²) in [5.74, 6) is -0.710. The standard InChI is InChI=1S/C37H51N5O3/c1-37(2,38)22-13-19-34(43)41(6)33(27-29-20-21-30-17-11-12-18-31(30)25-29)36(45)42(7)32(26-28-15-9-8-10-16-28)35(44)40(5)24-14-23-39(3)4/h8-13,15-21,25,32-33H,14,22-24,26-27,38H2,1-7H3/b19-13+/t32-,33-/m1/s1. The van der Waals surface area contributed by atoms with Gasteiger partial charge in [0.15, 0.2) is 0 Å². The predicted molar refractivity (Wildman–Crippen MR) is 184 cm³/mol. The number of nitrogens with two attached hydrogens (primary N) is 1. The largest absolute Gasteiger partial charge is 0.344 e. The van der Waals surface area contributed by atoms with Crippen LogP contribution in [0.4, 0.5) is 0 Å². The zero-order chi connectivity index (χ0) is 33.1. The van der Waals surface area contributed by atoms with E-state index in [1.807, 2.05) is 94.7 Å². The summed E-state index contributed by atoms with van der Waals surface area (Å²) in [6, 6.07) is 22.3. The number of nitrogens with zero attached hydrogens (tertiary/aromatic N) is 4. The minimum absolute atomic E-state index is 0.128. The van der Waals surface area contributed by atoms with Gasteiger partial charge in [-0.05, 0) is 75.3 Å². The van der Waals surface area contributed by atoms with Crippen molar-refractivity contribution < 1.29 is 14.4 Å². The highest BCUT2D eigenvalue weighted by molar-refractivity contribution is 5.95. The molecule has 0 bridgehead atoms. The fourth-order valence-electron chi connectivity index (χ4n) is 5.32. The van der Waals surface area contributed by atoms with Crippen LogP contribution in [0.15, 0.2) is 84.9 Å². The van der Waals surface area contributed by atoms with Crippen LogP contribution in [0.1, 0.15) is 37.8 Å². The van der Waals surface area contributed by atoms with Crippen molar-refractivity contribution >= 4 is 28.5 Å². The van der Waals surface area contributed by atoms with E-state index in [1.165, 1.54) is 11.0 Å². The Hall–Kier alpha value is -4.01. The molecule has 0 heterocycles. The molecule has 8 nitrogen and oxygen atoms in total. The average Bonchev–Trinajstić information content (AvgIpc) is 3.00. The van der Waals surface area contributed by atoms with Crippen molar-refractivity contribution in [3.63, 3.8) is 0 Å². The third-order valence-electron chi connectivity index (χ3n) is 8.09. The summed E-state index contributed by atoms with van der Waals surface area (Å²) in [6.45, 7) is 5.22. The molecule has 0 saturated carbocycles. The zero-order valence-electron chi connectivity index (χ0n) is 28.1. The number of benzene rings is 3. The first-order valence-corrected chi connectivity index (χ1v) is 15.7. The third-order valence-corrected chi connectivity index (χ3v) is 8.09. The van der Waals surface area contributed by atoms with Gasteiger partial charge in [0, 0.05) is 46.1 Å². The van der Waals surface area contributed by atoms with Gasteiger partial charge in [-0.25, -0.2) is 0 Å². The molecule has 2 N–H and O–H groups in total. The SMILES string of the molecule is CN(C)CCCN(C)C(=O)[C@@H](Cc1ccccc1)N(C)C(=O)[C@@H](Cc1ccc2ccccc2c1)N(C)C(=O)/C=C/CC(C)(C)N. The van der Waals surface area contributed by atoms with Gasteiger partial charge in [0.25, 0.3) is 0 Å². The highest BCUT2D eigenvalue weighted by Crippen LogP contribution is 2.21. The van der Waals surface area contributed by atoms with Crippen LogP contribution in [0.3, 0.4) is 0 Å². The third kappa shape index (κ3) is 10.8. The molecule has 3 amide bonds. The molecule has 45 heavy (non-hydrogen) atoms. The van der Waals surface area contributed by atoms with Crippen LogP contribution < -0.4 is 5.73 Å². The maximum absolute atomic E-state index is 14.5. The minimum atomic E-state index is -0.829. The monoisotopic (exact) mass is 613 g/mol. The second kappa shape index (κ2) is 16.3. The number of hydrogen-bond acceptors (Lipinski definition) is 5. The maximum atomic E-state index is 14.5. The average molecular weight is 614 g/mol. The van der Waals surface area contributed by atoms with Crippen LogP contribution in [0, 0.1) is 0 Å². The van der Waals surface area contributed by atoms with Crippen LogP contribution in [0.2, 0.25) is 0 Å². The topological polar surface area (TPSA) is 90.2 Å². The molecule has 0 radical (unpaired) electrons. The maximum Gasteiger partial charge on any atom is 0.246 e. The number of carbonyl (C=O) groups is 3. The van der Waals surface area contributed by atoms with E-state index < -0.39 is 17.6 Å². The zero-order valence-corrected chi connectivity index (χ0v) is 28.1. The highest BCUT2D eigenvalue weighted by Gasteiger charge is 2.35. The molecule has 0 aromatic heterocycles. The van der Waals surface area contributed by atoms with E-state index in [2.05, 4.69) is 11.0 Å². The van der Waals surface area contributed by atoms with Crippen molar-refractivity contribution in [3.8, 4) is 0 Å². The molecule has 0 aliphatic heterocycles. The lowest BCUT2D eigenvalue weighted by Gasteiger charge is -2.36. The second-order valence-electron chi connectivity index (χ2n) is 13.0. The normalized spacial score (nSPS) is 13.2. The molecular formula is C37H51N5O3. The fourth-order valence-corrected chi connectivity index (χ4v) is 5.32. The fraction of sp³-hybridized carbons (Fsp3) is 0.432. The van der Waals surface area contributed by atoms with E-state index in [-0.39, 0.29) is 17.7 Å². The van der Waals surface area contributed by atoms with Crippen LogP contribution in [0.5, 0.6) is 0 Å². The number of carbonyl (C=O) groups excluding carboxylic acids is 3. The van der Waals surface area contributed by atoms with Crippen molar-refractivity contribution in [2.24, 2.45) is 5.73 Å². The first kappa shape index (κ1) is 35.5. The molecule has 0 aliphatic carbocycles. The number of amides is 3. The van der Waals surface area contributed by atoms with Gasteiger partial charge in [-0.2, -0.15) is 0 Å². The molecule has 3 rings (SSSR count). The molecule has 2 atom stereocenters. The molecular weight excluding hydrogens is 562 g/mol. The van der Waals surface area contributed by atoms with Gasteiger partial charge >= 0.3 is 0 Å². The Labute approximate surface area is 269 Å². The summed E-state index contributed by atoms with van der Waals surface area (Å²) >= 11 is 0. The molecule has 8 heteroatoms. The van der Waals surface area contributed by atoms with Gasteiger partial charge in [0.1, 0.15) is 12.1 Å². The lowest BCUT2D eigenvalue weighted by Crippen LogP contribution is -2.56. The van der Waals surface area contributed by atoms with E-state index in [4.69, 9.17) is 5.73 Å². The first-order valence-electron chi connectivity index (χ1n) is 15.7. The summed E-state index contributed by atoms with van der Waals surface area (Å²) in [4.78, 5) is 48.7. The van der Waals surface area contributed by atoms with Gasteiger partial charge in [-0.15, -0.1) is 0 Å². The molecule has 0 spiro atoms. The molecule has 0 saturated heterocycles. The van der Waals surface area contributed by atoms with Crippen LogP contribution >= 0.6 is 0 Å². The first-order chi connectivity index (χ1) is 21.3. The van der Waals surface area contributed by atoms with Crippen molar-refractivity contribution in [1.29, 1.82) is 0 Å². The Morgan fingerprint density at radius 3 is 1.98 bits per heavy atom. The number of hydrogen-bond donors (Lipinski definition) is 1. The lowest BCUT2D eigenvalue weighted by molar-refractivity contribution is -0.148. The van der Waals surface area contributed by atoms with E-state index in [9.17, 15) is 14.4 Å². The lowest BCUT2D eigenvalue weighted by atomic mass is 9.98. The summed E-state index contributed by atoms with van der Waals surface area (Å²) in [7, 11) is 9.14. The van der Waals surface area contributed by atoms with Crippen molar-refractivity contribution in [1.82, 2.24) is 19.6 Å². The van der Waals surface area contributed by atoms with Gasteiger partial charge in [0.05, 0.1) is 0 Å². The minimum Gasteiger partial charge on any atom is -0.344 e. The molecule has 3 aromatic carbocycles. The number of likely N-dealkylation sites (N-methyl/N-ethyl adjacent to an activating group) is 3. The van der Waals surface area contributed by atoms with Crippen molar-refractivity contribution in [2.45, 2.75) is 57.2 Å². The number of rotatable bonds is 15. The Morgan fingerprint density at radius 1 is 0.733 bits per heavy atom. The summed E-state index contributed by atoms with van der Waals surface area (Å²) in [6.07, 6.45) is 5.25. The van der Waals surface area contributed by atoms with Crippen molar-refractivity contribution in [2.75, 3.05) is 48.3 Å². The Kier molecular flexibility index (Phi) is 12.9. The molecule has 0 fully saturated rings. The van der Waals surface area contributed by atoms with E-state index in [1.54, 1.807) is 37.0 Å². The Morgan fingerprint density at radius 2 is 1.33 bits per heavy atom. The van der Waals surface area contributed by atoms with E-state index in [0.717, 1.165) is 34.9 Å². The molecule has 242 valence electrons. The van der Waals surface area contributed by atoms with Gasteiger partial charge in [0.2, 0.25) is 17.7 Å². The van der Waals surface area contributed by atoms with Crippen LogP contribution in [-0.2, 0) is 27.2 Å². The van der Waals surface area contributed by atoms with Gasteiger partial charge < -0.3 is 25.3 Å². The van der Waals surface area contributed by atoms with Crippen LogP contribution in [0.25, 0.3) is 10.8 Å². The Balaban J connectivity index is 1.95. The van der Waals surface area contributed by atoms with Crippen molar-refractivity contribution in [3.05, 3.63) is 96.1 Å². The molecule has 3 aromatic rings.